The number of nitrogens with zero attached hydrogens (tertiary/aromatic N) is 3. The van der Waals surface area contributed by atoms with Crippen LogP contribution in [0.3, 0.4) is 0 Å². The predicted molar refractivity (Wildman–Crippen MR) is 72.4 cm³/mol. The highest BCUT2D eigenvalue weighted by Crippen LogP contribution is 2.20. The summed E-state index contributed by atoms with van der Waals surface area (Å²) >= 11 is 0. The Morgan fingerprint density at radius 1 is 1.21 bits per heavy atom. The van der Waals surface area contributed by atoms with Gasteiger partial charge in [0.1, 0.15) is 11.4 Å². The average Bonchev–Trinajstić information content (AvgIpc) is 2.36. The lowest BCUT2D eigenvalue weighted by Gasteiger charge is -2.32. The van der Waals surface area contributed by atoms with Gasteiger partial charge in [-0.2, -0.15) is 0 Å². The van der Waals surface area contributed by atoms with Gasteiger partial charge in [-0.15, -0.1) is 0 Å². The lowest BCUT2D eigenvalue weighted by Crippen LogP contribution is -2.48. The molecule has 0 aromatic carbocycles. The molecule has 1 N–H and O–H groups in total. The van der Waals surface area contributed by atoms with Crippen LogP contribution in [0.5, 0.6) is 0 Å². The highest BCUT2D eigenvalue weighted by molar-refractivity contribution is 5.93. The molecule has 1 aromatic rings. The number of carbonyl (C=O) groups is 2. The highest BCUT2D eigenvalue weighted by Gasteiger charge is 2.32. The minimum atomic E-state index is -1.07. The molecule has 6 heteroatoms. The van der Waals surface area contributed by atoms with Crippen molar-refractivity contribution < 1.29 is 14.7 Å². The second kappa shape index (κ2) is 5.26. The van der Waals surface area contributed by atoms with Crippen molar-refractivity contribution in [3.05, 3.63) is 23.9 Å². The fraction of sp³-hybridized carbons (Fsp3) is 0.462. The first-order valence-electron chi connectivity index (χ1n) is 5.83. The molecular formula is C13H19N3O3. The maximum absolute atomic E-state index is 11.7. The molecule has 0 bridgehead atoms. The zero-order chi connectivity index (χ0) is 14.8. The third kappa shape index (κ3) is 3.01. The van der Waals surface area contributed by atoms with Crippen molar-refractivity contribution >= 4 is 17.7 Å². The van der Waals surface area contributed by atoms with Gasteiger partial charge in [0.25, 0.3) is 5.91 Å². The van der Waals surface area contributed by atoms with E-state index in [1.165, 1.54) is 11.1 Å². The van der Waals surface area contributed by atoms with Gasteiger partial charge in [0.2, 0.25) is 0 Å². The first-order chi connectivity index (χ1) is 8.67. The molecule has 1 rings (SSSR count). The van der Waals surface area contributed by atoms with E-state index in [1.54, 1.807) is 52.0 Å². The summed E-state index contributed by atoms with van der Waals surface area (Å²) in [4.78, 5) is 30.0. The van der Waals surface area contributed by atoms with Crippen molar-refractivity contribution in [2.24, 2.45) is 0 Å². The van der Waals surface area contributed by atoms with E-state index >= 15 is 0 Å². The van der Waals surface area contributed by atoms with E-state index in [-0.39, 0.29) is 5.91 Å². The molecule has 0 aliphatic rings. The summed E-state index contributed by atoms with van der Waals surface area (Å²) in [6.45, 7) is 3.19. The fourth-order valence-corrected chi connectivity index (χ4v) is 1.40. The third-order valence-corrected chi connectivity index (χ3v) is 3.11. The standard InChI is InChI=1S/C13H19N3O3/c1-13(2,12(18)19)16(5)10-7-6-9(8-14-10)11(17)15(3)4/h6-8H,1-5H3,(H,18,19). The quantitative estimate of drug-likeness (QED) is 0.882. The normalized spacial score (nSPS) is 11.0. The van der Waals surface area contributed by atoms with E-state index in [2.05, 4.69) is 4.98 Å². The largest absolute Gasteiger partial charge is 0.480 e. The molecule has 0 saturated heterocycles. The Morgan fingerprint density at radius 2 is 1.79 bits per heavy atom. The lowest BCUT2D eigenvalue weighted by molar-refractivity contribution is -0.142. The van der Waals surface area contributed by atoms with Gasteiger partial charge >= 0.3 is 5.97 Å². The summed E-state index contributed by atoms with van der Waals surface area (Å²) in [5.74, 6) is -0.577. The molecule has 0 radical (unpaired) electrons. The van der Waals surface area contributed by atoms with Gasteiger partial charge in [0.05, 0.1) is 5.56 Å². The number of likely N-dealkylation sites (N-methyl/N-ethyl adjacent to an activating group) is 1. The molecule has 0 atom stereocenters. The summed E-state index contributed by atoms with van der Waals surface area (Å²) in [7, 11) is 4.98. The molecular weight excluding hydrogens is 246 g/mol. The van der Waals surface area contributed by atoms with Crippen LogP contribution in [0.15, 0.2) is 18.3 Å². The zero-order valence-electron chi connectivity index (χ0n) is 11.8. The highest BCUT2D eigenvalue weighted by atomic mass is 16.4. The Labute approximate surface area is 112 Å². The Hall–Kier alpha value is -2.11. The van der Waals surface area contributed by atoms with Crippen molar-refractivity contribution in [1.82, 2.24) is 9.88 Å². The summed E-state index contributed by atoms with van der Waals surface area (Å²) in [6.07, 6.45) is 1.45. The summed E-state index contributed by atoms with van der Waals surface area (Å²) in [5.41, 5.74) is -0.602. The van der Waals surface area contributed by atoms with Crippen LogP contribution in [0.2, 0.25) is 0 Å². The van der Waals surface area contributed by atoms with Crippen LogP contribution < -0.4 is 4.90 Å². The number of hydrogen-bond acceptors (Lipinski definition) is 4. The first-order valence-corrected chi connectivity index (χ1v) is 5.83. The van der Waals surface area contributed by atoms with Crippen molar-refractivity contribution in [3.8, 4) is 0 Å². The van der Waals surface area contributed by atoms with Crippen LogP contribution in [-0.4, -0.2) is 53.5 Å². The lowest BCUT2D eigenvalue weighted by atomic mass is 10.0. The minimum absolute atomic E-state index is 0.140. The average molecular weight is 265 g/mol. The van der Waals surface area contributed by atoms with Crippen molar-refractivity contribution in [3.63, 3.8) is 0 Å². The smallest absolute Gasteiger partial charge is 0.328 e. The summed E-state index contributed by atoms with van der Waals surface area (Å²) < 4.78 is 0. The Balaban J connectivity index is 3.00. The predicted octanol–water partition coefficient (Wildman–Crippen LogP) is 1.08. The van der Waals surface area contributed by atoms with Gasteiger partial charge in [-0.1, -0.05) is 0 Å². The number of amides is 1. The van der Waals surface area contributed by atoms with Crippen molar-refractivity contribution in [2.45, 2.75) is 19.4 Å². The van der Waals surface area contributed by atoms with Gasteiger partial charge in [0.15, 0.2) is 0 Å². The van der Waals surface area contributed by atoms with Gasteiger partial charge in [0, 0.05) is 27.3 Å². The Morgan fingerprint density at radius 3 is 2.16 bits per heavy atom. The number of anilines is 1. The molecule has 1 heterocycles. The molecule has 0 aliphatic heterocycles. The van der Waals surface area contributed by atoms with Crippen LogP contribution >= 0.6 is 0 Å². The maximum atomic E-state index is 11.7. The van der Waals surface area contributed by atoms with Crippen molar-refractivity contribution in [2.75, 3.05) is 26.0 Å². The molecule has 104 valence electrons. The monoisotopic (exact) mass is 265 g/mol. The van der Waals surface area contributed by atoms with Crippen LogP contribution in [0.1, 0.15) is 24.2 Å². The van der Waals surface area contributed by atoms with E-state index in [1.807, 2.05) is 0 Å². The minimum Gasteiger partial charge on any atom is -0.480 e. The molecule has 1 aromatic heterocycles. The molecule has 0 fully saturated rings. The molecule has 0 aliphatic carbocycles. The maximum Gasteiger partial charge on any atom is 0.328 e. The van der Waals surface area contributed by atoms with Gasteiger partial charge < -0.3 is 14.9 Å². The number of carbonyl (C=O) groups excluding carboxylic acids is 1. The van der Waals surface area contributed by atoms with E-state index in [9.17, 15) is 9.59 Å². The number of hydrogen-bond donors (Lipinski definition) is 1. The van der Waals surface area contributed by atoms with E-state index in [0.717, 1.165) is 0 Å². The van der Waals surface area contributed by atoms with Gasteiger partial charge in [-0.3, -0.25) is 4.79 Å². The molecule has 1 amide bonds. The number of aliphatic carboxylic acids is 1. The van der Waals surface area contributed by atoms with Crippen LogP contribution in [0.4, 0.5) is 5.82 Å². The molecule has 0 spiro atoms. The van der Waals surface area contributed by atoms with Crippen LogP contribution in [-0.2, 0) is 4.79 Å². The number of aromatic nitrogens is 1. The molecule has 0 saturated carbocycles. The van der Waals surface area contributed by atoms with Gasteiger partial charge in [-0.05, 0) is 26.0 Å². The number of carboxylic acids is 1. The van der Waals surface area contributed by atoms with E-state index < -0.39 is 11.5 Å². The SMILES string of the molecule is CN(C)C(=O)c1ccc(N(C)C(C)(C)C(=O)O)nc1. The van der Waals surface area contributed by atoms with E-state index in [4.69, 9.17) is 5.11 Å². The fourth-order valence-electron chi connectivity index (χ4n) is 1.40. The third-order valence-electron chi connectivity index (χ3n) is 3.11. The first kappa shape index (κ1) is 14.9. The zero-order valence-corrected chi connectivity index (χ0v) is 11.8. The second-order valence-corrected chi connectivity index (χ2v) is 5.03. The molecule has 6 nitrogen and oxygen atoms in total. The molecule has 19 heavy (non-hydrogen) atoms. The topological polar surface area (TPSA) is 73.7 Å². The number of rotatable bonds is 4. The van der Waals surface area contributed by atoms with Crippen molar-refractivity contribution in [1.29, 1.82) is 0 Å². The van der Waals surface area contributed by atoms with Crippen LogP contribution in [0, 0.1) is 0 Å². The van der Waals surface area contributed by atoms with Gasteiger partial charge in [-0.25, -0.2) is 9.78 Å². The van der Waals surface area contributed by atoms with E-state index in [0.29, 0.717) is 11.4 Å². The summed E-state index contributed by atoms with van der Waals surface area (Å²) in [6, 6.07) is 3.28. The van der Waals surface area contributed by atoms with Crippen LogP contribution in [0.25, 0.3) is 0 Å². The molecule has 0 unspecified atom stereocenters. The Kier molecular flexibility index (Phi) is 4.14. The second-order valence-electron chi connectivity index (χ2n) is 5.03. The number of carboxylic acid groups (broad SMARTS) is 1. The summed E-state index contributed by atoms with van der Waals surface area (Å²) in [5, 5.41) is 9.16. The Bertz CT molecular complexity index is 480. The number of pyridine rings is 1.